The molecule has 0 aromatic heterocycles. The molecule has 0 bridgehead atoms. The monoisotopic (exact) mass is 331 g/mol. The molecule has 98 valence electrons. The largest absolute Gasteiger partial charge is 0.376 e. The Kier molecular flexibility index (Phi) is 4.30. The van der Waals surface area contributed by atoms with Crippen molar-refractivity contribution in [2.24, 2.45) is 0 Å². The van der Waals surface area contributed by atoms with Gasteiger partial charge in [-0.25, -0.2) is 0 Å². The van der Waals surface area contributed by atoms with E-state index in [1.54, 1.807) is 23.1 Å². The Morgan fingerprint density at radius 2 is 2.28 bits per heavy atom. The summed E-state index contributed by atoms with van der Waals surface area (Å²) in [5.41, 5.74) is 0.632. The number of amides is 1. The van der Waals surface area contributed by atoms with Crippen molar-refractivity contribution < 1.29 is 9.53 Å². The summed E-state index contributed by atoms with van der Waals surface area (Å²) in [5, 5.41) is 0.603. The topological polar surface area (TPSA) is 29.5 Å². The number of likely N-dealkylation sites (N-methyl/N-ethyl adjacent to an activating group) is 1. The molecule has 2 unspecified atom stereocenters. The molecule has 3 nitrogen and oxygen atoms in total. The number of halogens is 2. The van der Waals surface area contributed by atoms with Gasteiger partial charge in [0.2, 0.25) is 0 Å². The minimum atomic E-state index is -0.00489. The lowest BCUT2D eigenvalue weighted by molar-refractivity contribution is 0.0574. The number of rotatable bonds is 2. The molecule has 1 aromatic carbocycles. The SMILES string of the molecule is CC1OCCC1N(C)C(=O)c1ccc(Cl)c(Br)c1. The average molecular weight is 333 g/mol. The van der Waals surface area contributed by atoms with E-state index in [1.165, 1.54) is 0 Å². The molecule has 1 amide bonds. The number of benzene rings is 1. The molecule has 1 aliphatic heterocycles. The van der Waals surface area contributed by atoms with E-state index in [-0.39, 0.29) is 18.1 Å². The van der Waals surface area contributed by atoms with Crippen LogP contribution in [0.15, 0.2) is 22.7 Å². The second-order valence-corrected chi connectivity index (χ2v) is 5.74. The lowest BCUT2D eigenvalue weighted by Crippen LogP contribution is -2.41. The molecule has 18 heavy (non-hydrogen) atoms. The normalized spacial score (nSPS) is 23.1. The molecule has 0 N–H and O–H groups in total. The van der Waals surface area contributed by atoms with Gasteiger partial charge in [-0.15, -0.1) is 0 Å². The molecule has 2 rings (SSSR count). The van der Waals surface area contributed by atoms with Crippen LogP contribution in [-0.2, 0) is 4.74 Å². The number of carbonyl (C=O) groups is 1. The number of carbonyl (C=O) groups excluding carboxylic acids is 1. The van der Waals surface area contributed by atoms with Gasteiger partial charge in [-0.1, -0.05) is 11.6 Å². The summed E-state index contributed by atoms with van der Waals surface area (Å²) in [4.78, 5) is 14.1. The van der Waals surface area contributed by atoms with Gasteiger partial charge in [0.05, 0.1) is 17.2 Å². The van der Waals surface area contributed by atoms with Crippen LogP contribution in [0.3, 0.4) is 0 Å². The molecule has 0 saturated carbocycles. The van der Waals surface area contributed by atoms with Gasteiger partial charge in [-0.3, -0.25) is 4.79 Å². The van der Waals surface area contributed by atoms with Crippen LogP contribution >= 0.6 is 27.5 Å². The van der Waals surface area contributed by atoms with Gasteiger partial charge in [0.25, 0.3) is 5.91 Å². The number of hydrogen-bond donors (Lipinski definition) is 0. The van der Waals surface area contributed by atoms with Crippen LogP contribution in [0.2, 0.25) is 5.02 Å². The molecular weight excluding hydrogens is 318 g/mol. The molecule has 1 heterocycles. The van der Waals surface area contributed by atoms with Crippen molar-refractivity contribution >= 4 is 33.4 Å². The van der Waals surface area contributed by atoms with Crippen LogP contribution in [0.25, 0.3) is 0 Å². The van der Waals surface area contributed by atoms with Crippen LogP contribution in [0, 0.1) is 0 Å². The van der Waals surface area contributed by atoms with Crippen LogP contribution in [-0.4, -0.2) is 36.6 Å². The maximum absolute atomic E-state index is 12.3. The quantitative estimate of drug-likeness (QED) is 0.831. The third-order valence-corrected chi connectivity index (χ3v) is 4.53. The zero-order valence-corrected chi connectivity index (χ0v) is 12.7. The maximum atomic E-state index is 12.3. The van der Waals surface area contributed by atoms with Crippen molar-refractivity contribution in [3.63, 3.8) is 0 Å². The van der Waals surface area contributed by atoms with Crippen molar-refractivity contribution in [1.29, 1.82) is 0 Å². The first-order valence-electron chi connectivity index (χ1n) is 5.84. The van der Waals surface area contributed by atoms with Crippen molar-refractivity contribution in [2.45, 2.75) is 25.5 Å². The van der Waals surface area contributed by atoms with Gasteiger partial charge in [-0.2, -0.15) is 0 Å². The molecule has 0 aliphatic carbocycles. The lowest BCUT2D eigenvalue weighted by atomic mass is 10.1. The highest BCUT2D eigenvalue weighted by molar-refractivity contribution is 9.10. The highest BCUT2D eigenvalue weighted by Gasteiger charge is 2.31. The Balaban J connectivity index is 2.17. The van der Waals surface area contributed by atoms with E-state index >= 15 is 0 Å². The van der Waals surface area contributed by atoms with Crippen LogP contribution in [0.5, 0.6) is 0 Å². The van der Waals surface area contributed by atoms with E-state index in [2.05, 4.69) is 15.9 Å². The third-order valence-electron chi connectivity index (χ3n) is 3.32. The minimum Gasteiger partial charge on any atom is -0.376 e. The fraction of sp³-hybridized carbons (Fsp3) is 0.462. The van der Waals surface area contributed by atoms with Gasteiger partial charge < -0.3 is 9.64 Å². The molecular formula is C13H15BrClNO2. The summed E-state index contributed by atoms with van der Waals surface area (Å²) in [6.45, 7) is 2.72. The Hall–Kier alpha value is -0.580. The molecule has 1 saturated heterocycles. The standard InChI is InChI=1S/C13H15BrClNO2/c1-8-12(5-6-18-8)16(2)13(17)9-3-4-11(15)10(14)7-9/h3-4,7-8,12H,5-6H2,1-2H3. The number of nitrogens with zero attached hydrogens (tertiary/aromatic N) is 1. The minimum absolute atomic E-state index is 0.00489. The molecule has 1 aliphatic rings. The second kappa shape index (κ2) is 5.59. The van der Waals surface area contributed by atoms with Crippen LogP contribution < -0.4 is 0 Å². The summed E-state index contributed by atoms with van der Waals surface area (Å²) in [5.74, 6) is -0.00489. The summed E-state index contributed by atoms with van der Waals surface area (Å²) in [6, 6.07) is 5.36. The zero-order chi connectivity index (χ0) is 13.3. The van der Waals surface area contributed by atoms with Crippen LogP contribution in [0.1, 0.15) is 23.7 Å². The molecule has 2 atom stereocenters. The Bertz CT molecular complexity index is 466. The Labute approximate surface area is 120 Å². The van der Waals surface area contributed by atoms with Gasteiger partial charge in [-0.05, 0) is 47.5 Å². The molecule has 1 aromatic rings. The lowest BCUT2D eigenvalue weighted by Gasteiger charge is -2.26. The Morgan fingerprint density at radius 3 is 2.83 bits per heavy atom. The van der Waals surface area contributed by atoms with E-state index in [0.717, 1.165) is 10.9 Å². The molecule has 0 spiro atoms. The van der Waals surface area contributed by atoms with Crippen molar-refractivity contribution in [3.05, 3.63) is 33.3 Å². The van der Waals surface area contributed by atoms with E-state index in [9.17, 15) is 4.79 Å². The van der Waals surface area contributed by atoms with E-state index in [4.69, 9.17) is 16.3 Å². The fourth-order valence-corrected chi connectivity index (χ4v) is 2.71. The van der Waals surface area contributed by atoms with Gasteiger partial charge in [0.1, 0.15) is 0 Å². The van der Waals surface area contributed by atoms with Crippen molar-refractivity contribution in [2.75, 3.05) is 13.7 Å². The highest BCUT2D eigenvalue weighted by Crippen LogP contribution is 2.25. The van der Waals surface area contributed by atoms with E-state index < -0.39 is 0 Å². The van der Waals surface area contributed by atoms with Gasteiger partial charge in [0.15, 0.2) is 0 Å². The first-order chi connectivity index (χ1) is 8.50. The summed E-state index contributed by atoms with van der Waals surface area (Å²) in [6.07, 6.45) is 0.979. The predicted molar refractivity (Wildman–Crippen MR) is 75.1 cm³/mol. The maximum Gasteiger partial charge on any atom is 0.253 e. The molecule has 1 fully saturated rings. The predicted octanol–water partition coefficient (Wildman–Crippen LogP) is 3.35. The first kappa shape index (κ1) is 13.8. The van der Waals surface area contributed by atoms with Crippen molar-refractivity contribution in [3.8, 4) is 0 Å². The summed E-state index contributed by atoms with van der Waals surface area (Å²) >= 11 is 9.25. The van der Waals surface area contributed by atoms with E-state index in [1.807, 2.05) is 14.0 Å². The molecule has 5 heteroatoms. The number of ether oxygens (including phenoxy) is 1. The first-order valence-corrected chi connectivity index (χ1v) is 7.01. The van der Waals surface area contributed by atoms with Gasteiger partial charge >= 0.3 is 0 Å². The molecule has 0 radical (unpaired) electrons. The van der Waals surface area contributed by atoms with Crippen molar-refractivity contribution in [1.82, 2.24) is 4.90 Å². The number of hydrogen-bond acceptors (Lipinski definition) is 2. The second-order valence-electron chi connectivity index (χ2n) is 4.48. The zero-order valence-electron chi connectivity index (χ0n) is 10.3. The summed E-state index contributed by atoms with van der Waals surface area (Å²) in [7, 11) is 1.82. The van der Waals surface area contributed by atoms with Gasteiger partial charge in [0, 0.05) is 23.7 Å². The third kappa shape index (κ3) is 2.71. The van der Waals surface area contributed by atoms with Crippen LogP contribution in [0.4, 0.5) is 0 Å². The Morgan fingerprint density at radius 1 is 1.56 bits per heavy atom. The van der Waals surface area contributed by atoms with E-state index in [0.29, 0.717) is 17.2 Å². The highest BCUT2D eigenvalue weighted by atomic mass is 79.9. The fourth-order valence-electron chi connectivity index (χ4n) is 2.21. The smallest absolute Gasteiger partial charge is 0.253 e. The average Bonchev–Trinajstić information content (AvgIpc) is 2.77. The summed E-state index contributed by atoms with van der Waals surface area (Å²) < 4.78 is 6.23.